The minimum atomic E-state index is -0.485. The fraction of sp³-hybridized carbons (Fsp3) is 0.444. The second-order valence-corrected chi connectivity index (χ2v) is 7.00. The van der Waals surface area contributed by atoms with Gasteiger partial charge < -0.3 is 16.0 Å². The number of halogens is 1. The fourth-order valence-electron chi connectivity index (χ4n) is 2.26. The first-order valence-electron chi connectivity index (χ1n) is 7.95. The molecular formula is C18H25ClN4O. The summed E-state index contributed by atoms with van der Waals surface area (Å²) in [6, 6.07) is 6.78. The fourth-order valence-corrected chi connectivity index (χ4v) is 2.50. The molecule has 6 heteroatoms. The molecule has 130 valence electrons. The molecule has 0 saturated heterocycles. The van der Waals surface area contributed by atoms with Gasteiger partial charge in [-0.05, 0) is 30.0 Å². The van der Waals surface area contributed by atoms with E-state index in [0.717, 1.165) is 13.1 Å². The number of rotatable bonds is 7. The van der Waals surface area contributed by atoms with Crippen LogP contribution in [0, 0.1) is 23.2 Å². The second-order valence-electron chi connectivity index (χ2n) is 6.59. The van der Waals surface area contributed by atoms with E-state index in [4.69, 9.17) is 17.3 Å². The third kappa shape index (κ3) is 6.51. The van der Waals surface area contributed by atoms with E-state index in [1.807, 2.05) is 11.0 Å². The molecule has 0 atom stereocenters. The monoisotopic (exact) mass is 348 g/mol. The summed E-state index contributed by atoms with van der Waals surface area (Å²) in [6.07, 6.45) is 1.63. The van der Waals surface area contributed by atoms with Crippen LogP contribution in [-0.4, -0.2) is 23.9 Å². The Morgan fingerprint density at radius 1 is 1.33 bits per heavy atom. The summed E-state index contributed by atoms with van der Waals surface area (Å²) < 4.78 is 0. The predicted octanol–water partition coefficient (Wildman–Crippen LogP) is 3.88. The normalized spacial score (nSPS) is 11.5. The molecule has 0 aromatic heterocycles. The number of anilines is 2. The van der Waals surface area contributed by atoms with Gasteiger partial charge in [-0.25, -0.2) is 0 Å². The van der Waals surface area contributed by atoms with E-state index < -0.39 is 5.91 Å². The number of nitrogen functional groups attached to an aromatic ring is 1. The zero-order valence-electron chi connectivity index (χ0n) is 14.6. The summed E-state index contributed by atoms with van der Waals surface area (Å²) in [5, 5.41) is 12.3. The van der Waals surface area contributed by atoms with Crippen molar-refractivity contribution in [2.24, 2.45) is 11.8 Å². The zero-order valence-corrected chi connectivity index (χ0v) is 15.4. The van der Waals surface area contributed by atoms with Crippen molar-refractivity contribution < 1.29 is 4.79 Å². The molecule has 24 heavy (non-hydrogen) atoms. The minimum absolute atomic E-state index is 0.0455. The molecule has 3 N–H and O–H groups in total. The number of amides is 1. The van der Waals surface area contributed by atoms with Gasteiger partial charge in [-0.3, -0.25) is 4.79 Å². The van der Waals surface area contributed by atoms with Gasteiger partial charge in [-0.15, -0.1) is 0 Å². The highest BCUT2D eigenvalue weighted by Gasteiger charge is 2.14. The van der Waals surface area contributed by atoms with Crippen molar-refractivity contribution in [3.63, 3.8) is 0 Å². The quantitative estimate of drug-likeness (QED) is 0.445. The first-order valence-corrected chi connectivity index (χ1v) is 8.33. The van der Waals surface area contributed by atoms with Crippen molar-refractivity contribution in [1.82, 2.24) is 4.90 Å². The van der Waals surface area contributed by atoms with Gasteiger partial charge in [-0.2, -0.15) is 5.26 Å². The number of nitrogens with two attached hydrogens (primary N) is 1. The van der Waals surface area contributed by atoms with Crippen LogP contribution in [0.5, 0.6) is 0 Å². The Hall–Kier alpha value is -2.19. The third-order valence-electron chi connectivity index (χ3n) is 3.12. The molecule has 1 aromatic rings. The number of carbonyl (C=O) groups excluding carboxylic acids is 1. The first kappa shape index (κ1) is 19.9. The Balaban J connectivity index is 2.96. The summed E-state index contributed by atoms with van der Waals surface area (Å²) in [5.41, 5.74) is 6.62. The highest BCUT2D eigenvalue weighted by molar-refractivity contribution is 6.34. The molecule has 0 unspecified atom stereocenters. The Labute approximate surface area is 149 Å². The molecule has 0 fully saturated rings. The molecule has 1 rings (SSSR count). The number of nitriles is 1. The Morgan fingerprint density at radius 2 is 1.92 bits per heavy atom. The van der Waals surface area contributed by atoms with Crippen molar-refractivity contribution >= 4 is 28.9 Å². The molecule has 0 spiro atoms. The largest absolute Gasteiger partial charge is 0.399 e. The summed E-state index contributed by atoms with van der Waals surface area (Å²) >= 11 is 6.06. The maximum Gasteiger partial charge on any atom is 0.267 e. The molecule has 0 heterocycles. The topological polar surface area (TPSA) is 82.2 Å². The minimum Gasteiger partial charge on any atom is -0.399 e. The van der Waals surface area contributed by atoms with Crippen LogP contribution in [0.1, 0.15) is 27.7 Å². The van der Waals surface area contributed by atoms with E-state index in [1.54, 1.807) is 24.4 Å². The Kier molecular flexibility index (Phi) is 7.60. The molecule has 0 aliphatic rings. The van der Waals surface area contributed by atoms with Gasteiger partial charge in [0.2, 0.25) is 0 Å². The van der Waals surface area contributed by atoms with E-state index in [-0.39, 0.29) is 5.57 Å². The lowest BCUT2D eigenvalue weighted by Gasteiger charge is -2.25. The smallest absolute Gasteiger partial charge is 0.267 e. The van der Waals surface area contributed by atoms with Crippen LogP contribution in [0.2, 0.25) is 5.02 Å². The van der Waals surface area contributed by atoms with Crippen molar-refractivity contribution in [2.45, 2.75) is 27.7 Å². The number of nitrogens with one attached hydrogen (secondary N) is 1. The maximum atomic E-state index is 12.4. The van der Waals surface area contributed by atoms with Crippen LogP contribution >= 0.6 is 11.6 Å². The molecule has 0 saturated carbocycles. The van der Waals surface area contributed by atoms with Crippen molar-refractivity contribution in [1.29, 1.82) is 5.26 Å². The number of hydrogen-bond acceptors (Lipinski definition) is 4. The molecule has 5 nitrogen and oxygen atoms in total. The first-order chi connectivity index (χ1) is 11.2. The molecule has 1 aromatic carbocycles. The Morgan fingerprint density at radius 3 is 2.38 bits per heavy atom. The van der Waals surface area contributed by atoms with Crippen molar-refractivity contribution in [3.05, 3.63) is 35.0 Å². The number of carbonyl (C=O) groups is 1. The lowest BCUT2D eigenvalue weighted by molar-refractivity contribution is -0.112. The van der Waals surface area contributed by atoms with Crippen molar-refractivity contribution in [3.8, 4) is 6.07 Å². The van der Waals surface area contributed by atoms with E-state index in [1.165, 1.54) is 0 Å². The summed E-state index contributed by atoms with van der Waals surface area (Å²) in [5.74, 6) is 0.366. The van der Waals surface area contributed by atoms with Gasteiger partial charge >= 0.3 is 0 Å². The Bertz CT molecular complexity index is 637. The molecule has 0 bridgehead atoms. The molecule has 0 aliphatic heterocycles. The number of benzene rings is 1. The molecule has 0 radical (unpaired) electrons. The van der Waals surface area contributed by atoms with E-state index in [0.29, 0.717) is 28.2 Å². The van der Waals surface area contributed by atoms with E-state index in [2.05, 4.69) is 33.0 Å². The SMILES string of the molecule is CC(C)CN(/C=C(/C#N)C(=O)Nc1ccc(N)cc1Cl)CC(C)C. The highest BCUT2D eigenvalue weighted by atomic mass is 35.5. The van der Waals surface area contributed by atoms with E-state index >= 15 is 0 Å². The predicted molar refractivity (Wildman–Crippen MR) is 99.4 cm³/mol. The molecular weight excluding hydrogens is 324 g/mol. The molecule has 0 aliphatic carbocycles. The maximum absolute atomic E-state index is 12.4. The average Bonchev–Trinajstić information content (AvgIpc) is 2.46. The van der Waals surface area contributed by atoms with Crippen LogP contribution < -0.4 is 11.1 Å². The van der Waals surface area contributed by atoms with Gasteiger partial charge in [0.25, 0.3) is 5.91 Å². The van der Waals surface area contributed by atoms with Crippen LogP contribution in [0.4, 0.5) is 11.4 Å². The standard InChI is InChI=1S/C18H25ClN4O/c1-12(2)9-23(10-13(3)4)11-14(8-20)18(24)22-17-6-5-15(21)7-16(17)19/h5-7,11-13H,9-10,21H2,1-4H3,(H,22,24)/b14-11-. The molecule has 1 amide bonds. The van der Waals surface area contributed by atoms with Gasteiger partial charge in [0.15, 0.2) is 0 Å². The highest BCUT2D eigenvalue weighted by Crippen LogP contribution is 2.24. The number of nitrogens with zero attached hydrogens (tertiary/aromatic N) is 2. The lowest BCUT2D eigenvalue weighted by atomic mass is 10.1. The van der Waals surface area contributed by atoms with Gasteiger partial charge in [0, 0.05) is 25.0 Å². The van der Waals surface area contributed by atoms with Gasteiger partial charge in [0.1, 0.15) is 11.6 Å². The lowest BCUT2D eigenvalue weighted by Crippen LogP contribution is -2.28. The van der Waals surface area contributed by atoms with Crippen LogP contribution in [0.3, 0.4) is 0 Å². The third-order valence-corrected chi connectivity index (χ3v) is 3.43. The van der Waals surface area contributed by atoms with Gasteiger partial charge in [-0.1, -0.05) is 39.3 Å². The van der Waals surface area contributed by atoms with Gasteiger partial charge in [0.05, 0.1) is 10.7 Å². The van der Waals surface area contributed by atoms with Crippen LogP contribution in [0.15, 0.2) is 30.0 Å². The van der Waals surface area contributed by atoms with Crippen LogP contribution in [-0.2, 0) is 4.79 Å². The number of hydrogen-bond donors (Lipinski definition) is 2. The van der Waals surface area contributed by atoms with Crippen molar-refractivity contribution in [2.75, 3.05) is 24.1 Å². The second kappa shape index (κ2) is 9.19. The summed E-state index contributed by atoms with van der Waals surface area (Å²) in [7, 11) is 0. The van der Waals surface area contributed by atoms with E-state index in [9.17, 15) is 10.1 Å². The summed E-state index contributed by atoms with van der Waals surface area (Å²) in [6.45, 7) is 9.95. The zero-order chi connectivity index (χ0) is 18.3. The van der Waals surface area contributed by atoms with Crippen LogP contribution in [0.25, 0.3) is 0 Å². The average molecular weight is 349 g/mol. The summed E-state index contributed by atoms with van der Waals surface area (Å²) in [4.78, 5) is 14.4.